The molecule has 0 bridgehead atoms. The molecule has 0 unspecified atom stereocenters. The fourth-order valence-corrected chi connectivity index (χ4v) is 2.06. The van der Waals surface area contributed by atoms with Gasteiger partial charge in [-0.05, 0) is 26.0 Å². The highest BCUT2D eigenvalue weighted by atomic mass is 16.1. The lowest BCUT2D eigenvalue weighted by atomic mass is 10.2. The molecule has 5 heteroatoms. The van der Waals surface area contributed by atoms with Crippen LogP contribution in [-0.2, 0) is 18.4 Å². The third kappa shape index (κ3) is 3.38. The van der Waals surface area contributed by atoms with Crippen molar-refractivity contribution in [1.29, 1.82) is 0 Å². The van der Waals surface area contributed by atoms with E-state index < -0.39 is 0 Å². The molecule has 0 saturated heterocycles. The second-order valence-electron chi connectivity index (χ2n) is 4.77. The average molecular weight is 272 g/mol. The summed E-state index contributed by atoms with van der Waals surface area (Å²) in [6, 6.07) is 9.68. The van der Waals surface area contributed by atoms with Crippen molar-refractivity contribution in [3.8, 4) is 0 Å². The third-order valence-corrected chi connectivity index (χ3v) is 3.35. The van der Waals surface area contributed by atoms with E-state index in [0.717, 1.165) is 22.6 Å². The molecule has 1 heterocycles. The lowest BCUT2D eigenvalue weighted by Gasteiger charge is -2.08. The van der Waals surface area contributed by atoms with Crippen LogP contribution in [0.2, 0.25) is 0 Å². The summed E-state index contributed by atoms with van der Waals surface area (Å²) in [5.41, 5.74) is 4.07. The van der Waals surface area contributed by atoms with Crippen LogP contribution in [0.25, 0.3) is 0 Å². The molecular weight excluding hydrogens is 252 g/mol. The van der Waals surface area contributed by atoms with Crippen molar-refractivity contribution in [2.75, 3.05) is 11.9 Å². The summed E-state index contributed by atoms with van der Waals surface area (Å²) in [5.74, 6) is -0.0310. The molecule has 0 atom stereocenters. The van der Waals surface area contributed by atoms with Gasteiger partial charge in [-0.15, -0.1) is 0 Å². The molecule has 0 aliphatic heterocycles. The van der Waals surface area contributed by atoms with E-state index in [-0.39, 0.29) is 12.5 Å². The standard InChI is InChI=1S/C15H20N4O/c1-11-14(12(2)19(3)18-11)9-17-15(20)10-16-13-7-5-4-6-8-13/h4-8,16H,9-10H2,1-3H3,(H,17,20). The summed E-state index contributed by atoms with van der Waals surface area (Å²) in [6.45, 7) is 4.74. The van der Waals surface area contributed by atoms with Crippen LogP contribution in [0.15, 0.2) is 30.3 Å². The van der Waals surface area contributed by atoms with Crippen molar-refractivity contribution >= 4 is 11.6 Å². The monoisotopic (exact) mass is 272 g/mol. The third-order valence-electron chi connectivity index (χ3n) is 3.35. The lowest BCUT2D eigenvalue weighted by molar-refractivity contribution is -0.119. The summed E-state index contributed by atoms with van der Waals surface area (Å²) < 4.78 is 1.83. The number of carbonyl (C=O) groups excluding carboxylic acids is 1. The normalized spacial score (nSPS) is 10.3. The van der Waals surface area contributed by atoms with Gasteiger partial charge in [0, 0.05) is 30.5 Å². The van der Waals surface area contributed by atoms with Gasteiger partial charge in [0.2, 0.25) is 5.91 Å². The molecule has 2 rings (SSSR count). The van der Waals surface area contributed by atoms with Gasteiger partial charge in [-0.2, -0.15) is 5.10 Å². The molecule has 0 aliphatic carbocycles. The van der Waals surface area contributed by atoms with E-state index >= 15 is 0 Å². The van der Waals surface area contributed by atoms with Crippen LogP contribution in [-0.4, -0.2) is 22.2 Å². The average Bonchev–Trinajstić information content (AvgIpc) is 2.69. The van der Waals surface area contributed by atoms with Crippen LogP contribution in [0.1, 0.15) is 17.0 Å². The SMILES string of the molecule is Cc1nn(C)c(C)c1CNC(=O)CNc1ccccc1. The van der Waals surface area contributed by atoms with Gasteiger partial charge in [0.15, 0.2) is 0 Å². The topological polar surface area (TPSA) is 59.0 Å². The predicted octanol–water partition coefficient (Wildman–Crippen LogP) is 1.77. The van der Waals surface area contributed by atoms with Gasteiger partial charge in [0.25, 0.3) is 0 Å². The lowest BCUT2D eigenvalue weighted by Crippen LogP contribution is -2.29. The second kappa shape index (κ2) is 6.23. The Morgan fingerprint density at radius 2 is 1.95 bits per heavy atom. The molecule has 1 aromatic carbocycles. The van der Waals surface area contributed by atoms with Crippen molar-refractivity contribution in [3.63, 3.8) is 0 Å². The predicted molar refractivity (Wildman–Crippen MR) is 79.5 cm³/mol. The van der Waals surface area contributed by atoms with Crippen molar-refractivity contribution in [3.05, 3.63) is 47.3 Å². The number of aryl methyl sites for hydroxylation is 2. The summed E-state index contributed by atoms with van der Waals surface area (Å²) in [4.78, 5) is 11.8. The second-order valence-corrected chi connectivity index (χ2v) is 4.77. The summed E-state index contributed by atoms with van der Waals surface area (Å²) in [7, 11) is 1.91. The van der Waals surface area contributed by atoms with Crippen molar-refractivity contribution in [2.24, 2.45) is 7.05 Å². The van der Waals surface area contributed by atoms with Gasteiger partial charge >= 0.3 is 0 Å². The Morgan fingerprint density at radius 1 is 1.25 bits per heavy atom. The highest BCUT2D eigenvalue weighted by Crippen LogP contribution is 2.11. The molecule has 1 amide bonds. The Bertz CT molecular complexity index is 589. The number of aromatic nitrogens is 2. The van der Waals surface area contributed by atoms with Gasteiger partial charge in [-0.1, -0.05) is 18.2 Å². The number of benzene rings is 1. The molecule has 0 aliphatic rings. The van der Waals surface area contributed by atoms with Gasteiger partial charge in [-0.3, -0.25) is 9.48 Å². The summed E-state index contributed by atoms with van der Waals surface area (Å²) in [6.07, 6.45) is 0. The molecule has 106 valence electrons. The van der Waals surface area contributed by atoms with Crippen LogP contribution in [0.4, 0.5) is 5.69 Å². The molecule has 0 spiro atoms. The largest absolute Gasteiger partial charge is 0.376 e. The first kappa shape index (κ1) is 14.1. The quantitative estimate of drug-likeness (QED) is 0.872. The van der Waals surface area contributed by atoms with E-state index in [2.05, 4.69) is 15.7 Å². The van der Waals surface area contributed by atoms with Crippen LogP contribution in [0.3, 0.4) is 0 Å². The Morgan fingerprint density at radius 3 is 2.55 bits per heavy atom. The first-order valence-electron chi connectivity index (χ1n) is 6.62. The highest BCUT2D eigenvalue weighted by molar-refractivity contribution is 5.80. The fraction of sp³-hybridized carbons (Fsp3) is 0.333. The maximum absolute atomic E-state index is 11.8. The Balaban J connectivity index is 1.83. The molecular formula is C15H20N4O. The minimum Gasteiger partial charge on any atom is -0.376 e. The van der Waals surface area contributed by atoms with E-state index in [1.54, 1.807) is 0 Å². The first-order valence-corrected chi connectivity index (χ1v) is 6.62. The summed E-state index contributed by atoms with van der Waals surface area (Å²) in [5, 5.41) is 10.3. The first-order chi connectivity index (χ1) is 9.58. The molecule has 0 fully saturated rings. The highest BCUT2D eigenvalue weighted by Gasteiger charge is 2.10. The van der Waals surface area contributed by atoms with E-state index in [1.165, 1.54) is 0 Å². The smallest absolute Gasteiger partial charge is 0.239 e. The Kier molecular flexibility index (Phi) is 4.40. The minimum atomic E-state index is -0.0310. The van der Waals surface area contributed by atoms with Gasteiger partial charge in [0.05, 0.1) is 12.2 Å². The van der Waals surface area contributed by atoms with E-state index in [9.17, 15) is 4.79 Å². The zero-order chi connectivity index (χ0) is 14.5. The number of nitrogens with zero attached hydrogens (tertiary/aromatic N) is 2. The minimum absolute atomic E-state index is 0.0310. The van der Waals surface area contributed by atoms with Gasteiger partial charge in [-0.25, -0.2) is 0 Å². The molecule has 2 N–H and O–H groups in total. The van der Waals surface area contributed by atoms with E-state index in [4.69, 9.17) is 0 Å². The van der Waals surface area contributed by atoms with E-state index in [0.29, 0.717) is 6.54 Å². The van der Waals surface area contributed by atoms with Gasteiger partial charge in [0.1, 0.15) is 0 Å². The number of para-hydroxylation sites is 1. The number of nitrogens with one attached hydrogen (secondary N) is 2. The Hall–Kier alpha value is -2.30. The zero-order valence-electron chi connectivity index (χ0n) is 12.1. The molecule has 20 heavy (non-hydrogen) atoms. The Labute approximate surface area is 119 Å². The molecule has 0 radical (unpaired) electrons. The maximum atomic E-state index is 11.8. The van der Waals surface area contributed by atoms with Crippen LogP contribution in [0, 0.1) is 13.8 Å². The molecule has 5 nitrogen and oxygen atoms in total. The number of rotatable bonds is 5. The number of amides is 1. The van der Waals surface area contributed by atoms with E-state index in [1.807, 2.05) is 55.9 Å². The number of anilines is 1. The summed E-state index contributed by atoms with van der Waals surface area (Å²) >= 11 is 0. The van der Waals surface area contributed by atoms with Crippen molar-refractivity contribution in [1.82, 2.24) is 15.1 Å². The molecule has 2 aromatic rings. The van der Waals surface area contributed by atoms with Crippen LogP contribution >= 0.6 is 0 Å². The van der Waals surface area contributed by atoms with Crippen LogP contribution in [0.5, 0.6) is 0 Å². The van der Waals surface area contributed by atoms with Crippen LogP contribution < -0.4 is 10.6 Å². The number of carbonyl (C=O) groups is 1. The van der Waals surface area contributed by atoms with Crippen molar-refractivity contribution < 1.29 is 4.79 Å². The fourth-order valence-electron chi connectivity index (χ4n) is 2.06. The zero-order valence-corrected chi connectivity index (χ0v) is 12.1. The maximum Gasteiger partial charge on any atom is 0.239 e. The molecule has 1 aromatic heterocycles. The molecule has 0 saturated carbocycles. The van der Waals surface area contributed by atoms with Crippen molar-refractivity contribution in [2.45, 2.75) is 20.4 Å². The number of hydrogen-bond acceptors (Lipinski definition) is 3. The van der Waals surface area contributed by atoms with Gasteiger partial charge < -0.3 is 10.6 Å². The number of hydrogen-bond donors (Lipinski definition) is 2.